The molecule has 0 aliphatic carbocycles. The van der Waals surface area contributed by atoms with Crippen LogP contribution in [0.1, 0.15) is 28.4 Å². The first-order valence-electron chi connectivity index (χ1n) is 4.12. The number of benzene rings is 1. The third kappa shape index (κ3) is 1.80. The number of phenols is 1. The van der Waals surface area contributed by atoms with Crippen LogP contribution in [0.2, 0.25) is 0 Å². The topological polar surface area (TPSA) is 57.5 Å². The van der Waals surface area contributed by atoms with E-state index in [9.17, 15) is 9.90 Å². The molecule has 0 unspecified atom stereocenters. The molecule has 0 saturated carbocycles. The summed E-state index contributed by atoms with van der Waals surface area (Å²) in [5.41, 5.74) is 1.43. The Labute approximate surface area is 76.6 Å². The molecule has 0 aliphatic rings. The molecule has 0 atom stereocenters. The molecule has 0 heterocycles. The van der Waals surface area contributed by atoms with Gasteiger partial charge in [0.05, 0.1) is 5.56 Å². The number of aromatic carboxylic acids is 1. The number of hydrogen-bond acceptors (Lipinski definition) is 2. The van der Waals surface area contributed by atoms with Gasteiger partial charge in [-0.1, -0.05) is 6.92 Å². The molecule has 0 aromatic heterocycles. The first-order valence-corrected chi connectivity index (χ1v) is 4.12. The zero-order valence-corrected chi connectivity index (χ0v) is 7.66. The van der Waals surface area contributed by atoms with Gasteiger partial charge in [-0.3, -0.25) is 0 Å². The number of carbonyl (C=O) groups is 1. The molecule has 0 radical (unpaired) electrons. The average Bonchev–Trinajstić information content (AvgIpc) is 2.09. The van der Waals surface area contributed by atoms with Crippen LogP contribution in [-0.2, 0) is 6.42 Å². The van der Waals surface area contributed by atoms with Crippen LogP contribution in [0.25, 0.3) is 0 Å². The molecule has 0 amide bonds. The minimum absolute atomic E-state index is 0.0525. The molecule has 0 spiro atoms. The maximum absolute atomic E-state index is 10.7. The molecule has 13 heavy (non-hydrogen) atoms. The zero-order chi connectivity index (χ0) is 10.0. The predicted octanol–water partition coefficient (Wildman–Crippen LogP) is 1.96. The normalized spacial score (nSPS) is 10.0. The summed E-state index contributed by atoms with van der Waals surface area (Å²) in [7, 11) is 0. The van der Waals surface area contributed by atoms with Crippen LogP contribution < -0.4 is 0 Å². The highest BCUT2D eigenvalue weighted by Crippen LogP contribution is 2.22. The lowest BCUT2D eigenvalue weighted by molar-refractivity contribution is 0.0695. The lowest BCUT2D eigenvalue weighted by Crippen LogP contribution is -2.01. The van der Waals surface area contributed by atoms with Crippen molar-refractivity contribution in [3.05, 3.63) is 28.8 Å². The van der Waals surface area contributed by atoms with Crippen molar-refractivity contribution in [2.45, 2.75) is 20.3 Å². The Morgan fingerprint density at radius 3 is 2.54 bits per heavy atom. The van der Waals surface area contributed by atoms with E-state index in [2.05, 4.69) is 0 Å². The van der Waals surface area contributed by atoms with E-state index in [4.69, 9.17) is 5.11 Å². The number of hydrogen-bond donors (Lipinski definition) is 2. The highest BCUT2D eigenvalue weighted by Gasteiger charge is 2.11. The quantitative estimate of drug-likeness (QED) is 0.731. The minimum atomic E-state index is -0.997. The number of phenolic OH excluding ortho intramolecular Hbond substituents is 1. The molecular weight excluding hydrogens is 168 g/mol. The van der Waals surface area contributed by atoms with Gasteiger partial charge in [0.1, 0.15) is 5.75 Å². The molecule has 0 fully saturated rings. The zero-order valence-electron chi connectivity index (χ0n) is 7.66. The fourth-order valence-electron chi connectivity index (χ4n) is 1.18. The van der Waals surface area contributed by atoms with Gasteiger partial charge >= 0.3 is 5.97 Å². The van der Waals surface area contributed by atoms with E-state index in [1.54, 1.807) is 19.1 Å². The van der Waals surface area contributed by atoms with Gasteiger partial charge in [0.2, 0.25) is 0 Å². The number of carboxylic acids is 1. The summed E-state index contributed by atoms with van der Waals surface area (Å²) in [5, 5.41) is 18.2. The fraction of sp³-hybridized carbons (Fsp3) is 0.300. The molecule has 3 heteroatoms. The van der Waals surface area contributed by atoms with Gasteiger partial charge in [0.15, 0.2) is 0 Å². The maximum Gasteiger partial charge on any atom is 0.336 e. The maximum atomic E-state index is 10.7. The molecule has 0 bridgehead atoms. The van der Waals surface area contributed by atoms with E-state index >= 15 is 0 Å². The second kappa shape index (κ2) is 3.47. The van der Waals surface area contributed by atoms with Gasteiger partial charge in [-0.2, -0.15) is 0 Å². The van der Waals surface area contributed by atoms with Crippen LogP contribution in [0.15, 0.2) is 12.1 Å². The SMILES string of the molecule is CCc1cc(O)c(C)c(C(=O)O)c1. The highest BCUT2D eigenvalue weighted by molar-refractivity contribution is 5.90. The van der Waals surface area contributed by atoms with E-state index < -0.39 is 5.97 Å². The van der Waals surface area contributed by atoms with Crippen molar-refractivity contribution in [1.29, 1.82) is 0 Å². The van der Waals surface area contributed by atoms with Crippen molar-refractivity contribution in [2.75, 3.05) is 0 Å². The second-order valence-electron chi connectivity index (χ2n) is 2.95. The Bertz CT molecular complexity index is 342. The highest BCUT2D eigenvalue weighted by atomic mass is 16.4. The first-order chi connectivity index (χ1) is 6.06. The Balaban J connectivity index is 3.33. The molecule has 3 nitrogen and oxygen atoms in total. The fourth-order valence-corrected chi connectivity index (χ4v) is 1.18. The largest absolute Gasteiger partial charge is 0.508 e. The average molecular weight is 180 g/mol. The lowest BCUT2D eigenvalue weighted by atomic mass is 10.0. The third-order valence-electron chi connectivity index (χ3n) is 2.08. The van der Waals surface area contributed by atoms with Crippen molar-refractivity contribution in [3.8, 4) is 5.75 Å². The summed E-state index contributed by atoms with van der Waals surface area (Å²) < 4.78 is 0. The number of rotatable bonds is 2. The van der Waals surface area contributed by atoms with Crippen LogP contribution >= 0.6 is 0 Å². The second-order valence-corrected chi connectivity index (χ2v) is 2.95. The Morgan fingerprint density at radius 1 is 1.46 bits per heavy atom. The Morgan fingerprint density at radius 2 is 2.08 bits per heavy atom. The Kier molecular flexibility index (Phi) is 2.56. The molecular formula is C10H12O3. The van der Waals surface area contributed by atoms with Gasteiger partial charge in [0, 0.05) is 5.56 Å². The summed E-state index contributed by atoms with van der Waals surface area (Å²) in [6.07, 6.45) is 0.716. The lowest BCUT2D eigenvalue weighted by Gasteiger charge is -2.06. The van der Waals surface area contributed by atoms with Crippen molar-refractivity contribution in [3.63, 3.8) is 0 Å². The van der Waals surface area contributed by atoms with E-state index in [1.807, 2.05) is 6.92 Å². The third-order valence-corrected chi connectivity index (χ3v) is 2.08. The van der Waals surface area contributed by atoms with E-state index in [-0.39, 0.29) is 11.3 Å². The monoisotopic (exact) mass is 180 g/mol. The summed E-state index contributed by atoms with van der Waals surface area (Å²) in [6, 6.07) is 3.19. The van der Waals surface area contributed by atoms with Gasteiger partial charge in [0.25, 0.3) is 0 Å². The van der Waals surface area contributed by atoms with Crippen LogP contribution in [0.5, 0.6) is 5.75 Å². The van der Waals surface area contributed by atoms with Crippen molar-refractivity contribution in [1.82, 2.24) is 0 Å². The van der Waals surface area contributed by atoms with Gasteiger partial charge in [-0.15, -0.1) is 0 Å². The predicted molar refractivity (Wildman–Crippen MR) is 49.2 cm³/mol. The molecule has 0 saturated heterocycles. The minimum Gasteiger partial charge on any atom is -0.508 e. The molecule has 1 aromatic rings. The van der Waals surface area contributed by atoms with Gasteiger partial charge in [-0.05, 0) is 31.0 Å². The molecule has 1 aromatic carbocycles. The van der Waals surface area contributed by atoms with Gasteiger partial charge < -0.3 is 10.2 Å². The first kappa shape index (κ1) is 9.58. The number of aryl methyl sites for hydroxylation is 1. The van der Waals surface area contributed by atoms with Crippen molar-refractivity contribution in [2.24, 2.45) is 0 Å². The van der Waals surface area contributed by atoms with E-state index in [1.165, 1.54) is 0 Å². The van der Waals surface area contributed by atoms with E-state index in [0.29, 0.717) is 12.0 Å². The summed E-state index contributed by atoms with van der Waals surface area (Å²) in [6.45, 7) is 3.51. The number of carboxylic acid groups (broad SMARTS) is 1. The standard InChI is InChI=1S/C10H12O3/c1-3-7-4-8(10(12)13)6(2)9(11)5-7/h4-5,11H,3H2,1-2H3,(H,12,13). The summed E-state index contributed by atoms with van der Waals surface area (Å²) >= 11 is 0. The number of aromatic hydroxyl groups is 1. The van der Waals surface area contributed by atoms with Crippen LogP contribution in [0, 0.1) is 6.92 Å². The van der Waals surface area contributed by atoms with Crippen molar-refractivity contribution < 1.29 is 15.0 Å². The molecule has 0 aliphatic heterocycles. The van der Waals surface area contributed by atoms with Crippen molar-refractivity contribution >= 4 is 5.97 Å². The van der Waals surface area contributed by atoms with Crippen LogP contribution in [0.4, 0.5) is 0 Å². The molecule has 2 N–H and O–H groups in total. The van der Waals surface area contributed by atoms with Gasteiger partial charge in [-0.25, -0.2) is 4.79 Å². The van der Waals surface area contributed by atoms with Crippen LogP contribution in [-0.4, -0.2) is 16.2 Å². The molecule has 70 valence electrons. The smallest absolute Gasteiger partial charge is 0.336 e. The summed E-state index contributed by atoms with van der Waals surface area (Å²) in [5.74, 6) is -0.945. The summed E-state index contributed by atoms with van der Waals surface area (Å²) in [4.78, 5) is 10.7. The molecule has 1 rings (SSSR count). The van der Waals surface area contributed by atoms with E-state index in [0.717, 1.165) is 5.56 Å². The Hall–Kier alpha value is -1.51. The van der Waals surface area contributed by atoms with Crippen LogP contribution in [0.3, 0.4) is 0 Å².